The summed E-state index contributed by atoms with van der Waals surface area (Å²) in [5.74, 6) is -2.73. The van der Waals surface area contributed by atoms with E-state index < -0.39 is 66.8 Å². The summed E-state index contributed by atoms with van der Waals surface area (Å²) >= 11 is 0. The van der Waals surface area contributed by atoms with Crippen LogP contribution in [-0.4, -0.2) is 154 Å². The number of hydrogen-bond acceptors (Lipinski definition) is 13. The Bertz CT molecular complexity index is 1370. The molecule has 4 fully saturated rings. The van der Waals surface area contributed by atoms with Crippen LogP contribution < -0.4 is 16.0 Å². The molecule has 1 aromatic rings. The molecule has 1 aliphatic carbocycles. The SMILES string of the molecule is O=C1CCC[C@H](CN2CCOCC2)OC(=O)[C@H](O)[C@H](CC2CCCCC2)NC(=O)[C@@H](NC(=O)[C@H](Cc2ccccc2)NC(=O)OCCN2CCOCC2)CO1. The number of ether oxygens (including phenoxy) is 5. The number of morpholine rings is 2. The summed E-state index contributed by atoms with van der Waals surface area (Å²) in [4.78, 5) is 71.6. The van der Waals surface area contributed by atoms with Crippen molar-refractivity contribution in [1.82, 2.24) is 25.8 Å². The number of cyclic esters (lactones) is 2. The highest BCUT2D eigenvalue weighted by Crippen LogP contribution is 2.28. The first-order valence-electron chi connectivity index (χ1n) is 20.0. The van der Waals surface area contributed by atoms with Gasteiger partial charge in [-0.2, -0.15) is 0 Å². The fourth-order valence-corrected chi connectivity index (χ4v) is 7.50. The van der Waals surface area contributed by atoms with Gasteiger partial charge in [0.25, 0.3) is 0 Å². The van der Waals surface area contributed by atoms with Crippen molar-refractivity contribution in [3.05, 3.63) is 35.9 Å². The maximum absolute atomic E-state index is 14.0. The number of amides is 3. The largest absolute Gasteiger partial charge is 0.463 e. The van der Waals surface area contributed by atoms with E-state index in [1.54, 1.807) is 0 Å². The number of carbonyl (C=O) groups is 5. The minimum atomic E-state index is -1.67. The average molecular weight is 774 g/mol. The first kappa shape index (κ1) is 42.3. The van der Waals surface area contributed by atoms with Gasteiger partial charge in [0, 0.05) is 52.1 Å². The van der Waals surface area contributed by atoms with Gasteiger partial charge in [-0.05, 0) is 30.7 Å². The summed E-state index contributed by atoms with van der Waals surface area (Å²) in [6.07, 6.45) is 2.93. The number of rotatable bonds is 12. The van der Waals surface area contributed by atoms with Crippen molar-refractivity contribution >= 4 is 29.8 Å². The molecule has 0 aromatic heterocycles. The minimum Gasteiger partial charge on any atom is -0.463 e. The zero-order valence-electron chi connectivity index (χ0n) is 31.8. The number of aliphatic hydroxyl groups excluding tert-OH is 1. The van der Waals surface area contributed by atoms with E-state index in [0.29, 0.717) is 71.9 Å². The molecule has 3 heterocycles. The molecule has 16 heteroatoms. The first-order valence-corrected chi connectivity index (χ1v) is 20.0. The molecule has 3 saturated heterocycles. The Morgan fingerprint density at radius 3 is 2.31 bits per heavy atom. The van der Waals surface area contributed by atoms with Crippen molar-refractivity contribution in [2.75, 3.05) is 78.9 Å². The number of esters is 2. The molecular weight excluding hydrogens is 714 g/mol. The van der Waals surface area contributed by atoms with Crippen LogP contribution in [0.15, 0.2) is 30.3 Å². The van der Waals surface area contributed by atoms with Crippen LogP contribution in [0.5, 0.6) is 0 Å². The fourth-order valence-electron chi connectivity index (χ4n) is 7.50. The lowest BCUT2D eigenvalue weighted by Gasteiger charge is -2.33. The standard InChI is InChI=1S/C39H59N5O11/c45-34-13-7-12-30(26-44-16-21-52-22-17-44)55-38(49)35(46)31(24-28-8-3-1-4-9-28)40-37(48)33(27-54-34)41-36(47)32(25-29-10-5-2-6-11-29)42-39(50)53-23-18-43-14-19-51-20-15-43/h2,5-6,10-11,28,30-33,35,46H,1,3-4,7-9,12-27H2,(H,40,48)(H,41,47)(H,42,50)/t30-,31+,32+,33+,35-/m1/s1. The van der Waals surface area contributed by atoms with E-state index in [2.05, 4.69) is 25.8 Å². The van der Waals surface area contributed by atoms with Gasteiger partial charge in [-0.15, -0.1) is 0 Å². The second-order valence-electron chi connectivity index (χ2n) is 14.9. The maximum Gasteiger partial charge on any atom is 0.407 e. The number of hydrogen-bond donors (Lipinski definition) is 4. The molecule has 3 aliphatic heterocycles. The molecule has 55 heavy (non-hydrogen) atoms. The lowest BCUT2D eigenvalue weighted by molar-refractivity contribution is -0.163. The molecule has 0 unspecified atom stereocenters. The summed E-state index contributed by atoms with van der Waals surface area (Å²) in [6.45, 7) is 5.68. The van der Waals surface area contributed by atoms with Gasteiger partial charge >= 0.3 is 18.0 Å². The highest BCUT2D eigenvalue weighted by atomic mass is 16.6. The van der Waals surface area contributed by atoms with E-state index in [1.807, 2.05) is 30.3 Å². The predicted molar refractivity (Wildman–Crippen MR) is 199 cm³/mol. The molecule has 4 aliphatic rings. The number of nitrogens with zero attached hydrogens (tertiary/aromatic N) is 2. The molecule has 5 atom stereocenters. The molecule has 0 radical (unpaired) electrons. The zero-order valence-corrected chi connectivity index (χ0v) is 31.8. The third-order valence-corrected chi connectivity index (χ3v) is 10.7. The van der Waals surface area contributed by atoms with Crippen LogP contribution >= 0.6 is 0 Å². The molecule has 306 valence electrons. The Balaban J connectivity index is 1.29. The highest BCUT2D eigenvalue weighted by molar-refractivity contribution is 5.92. The summed E-state index contributed by atoms with van der Waals surface area (Å²) < 4.78 is 27.7. The van der Waals surface area contributed by atoms with E-state index in [0.717, 1.165) is 50.8 Å². The second kappa shape index (κ2) is 22.7. The quantitative estimate of drug-likeness (QED) is 0.173. The number of nitrogens with one attached hydrogen (secondary N) is 3. The molecule has 1 saturated carbocycles. The molecule has 4 N–H and O–H groups in total. The summed E-state index contributed by atoms with van der Waals surface area (Å²) in [5, 5.41) is 19.6. The molecule has 0 bridgehead atoms. The predicted octanol–water partition coefficient (Wildman–Crippen LogP) is 0.928. The number of benzene rings is 1. The monoisotopic (exact) mass is 773 g/mol. The van der Waals surface area contributed by atoms with Gasteiger partial charge in [-0.3, -0.25) is 24.2 Å². The van der Waals surface area contributed by atoms with Crippen LogP contribution in [0.4, 0.5) is 4.79 Å². The van der Waals surface area contributed by atoms with Gasteiger partial charge in [0.2, 0.25) is 11.8 Å². The second-order valence-corrected chi connectivity index (χ2v) is 14.9. The van der Waals surface area contributed by atoms with Gasteiger partial charge in [0.1, 0.15) is 31.4 Å². The molecule has 0 spiro atoms. The van der Waals surface area contributed by atoms with Crippen molar-refractivity contribution < 1.29 is 52.8 Å². The van der Waals surface area contributed by atoms with Crippen molar-refractivity contribution in [1.29, 1.82) is 0 Å². The average Bonchev–Trinajstić information content (AvgIpc) is 3.19. The molecule has 5 rings (SSSR count). The van der Waals surface area contributed by atoms with Crippen LogP contribution in [0.3, 0.4) is 0 Å². The highest BCUT2D eigenvalue weighted by Gasteiger charge is 2.37. The minimum absolute atomic E-state index is 0.0131. The third kappa shape index (κ3) is 14.6. The molecule has 1 aromatic carbocycles. The molecular formula is C39H59N5O11. The summed E-state index contributed by atoms with van der Waals surface area (Å²) in [5.41, 5.74) is 0.749. The third-order valence-electron chi connectivity index (χ3n) is 10.7. The van der Waals surface area contributed by atoms with Crippen LogP contribution in [0.2, 0.25) is 0 Å². The Morgan fingerprint density at radius 1 is 0.909 bits per heavy atom. The first-order chi connectivity index (χ1) is 26.7. The van der Waals surface area contributed by atoms with Gasteiger partial charge in [0.05, 0.1) is 32.5 Å². The summed E-state index contributed by atoms with van der Waals surface area (Å²) in [6, 6.07) is 5.49. The Hall–Kier alpha value is -3.83. The van der Waals surface area contributed by atoms with Crippen LogP contribution in [0.25, 0.3) is 0 Å². The molecule has 16 nitrogen and oxygen atoms in total. The van der Waals surface area contributed by atoms with E-state index >= 15 is 0 Å². The van der Waals surface area contributed by atoms with Crippen molar-refractivity contribution in [2.24, 2.45) is 5.92 Å². The van der Waals surface area contributed by atoms with E-state index in [1.165, 1.54) is 0 Å². The Labute approximate surface area is 323 Å². The van der Waals surface area contributed by atoms with Crippen LogP contribution in [0.1, 0.15) is 63.4 Å². The Morgan fingerprint density at radius 2 is 1.60 bits per heavy atom. The number of carbonyl (C=O) groups excluding carboxylic acids is 5. The van der Waals surface area contributed by atoms with Crippen LogP contribution in [0, 0.1) is 5.92 Å². The zero-order chi connectivity index (χ0) is 38.8. The van der Waals surface area contributed by atoms with Crippen LogP contribution in [-0.2, 0) is 49.3 Å². The summed E-state index contributed by atoms with van der Waals surface area (Å²) in [7, 11) is 0. The van der Waals surface area contributed by atoms with Crippen molar-refractivity contribution in [2.45, 2.75) is 94.5 Å². The van der Waals surface area contributed by atoms with Gasteiger partial charge in [0.15, 0.2) is 6.10 Å². The van der Waals surface area contributed by atoms with E-state index in [-0.39, 0.29) is 25.4 Å². The topological polar surface area (TPSA) is 194 Å². The van der Waals surface area contributed by atoms with Gasteiger partial charge in [-0.25, -0.2) is 9.59 Å². The maximum atomic E-state index is 14.0. The van der Waals surface area contributed by atoms with Crippen molar-refractivity contribution in [3.63, 3.8) is 0 Å². The van der Waals surface area contributed by atoms with Gasteiger partial charge in [-0.1, -0.05) is 62.4 Å². The Kier molecular flexibility index (Phi) is 17.4. The smallest absolute Gasteiger partial charge is 0.407 e. The lowest BCUT2D eigenvalue weighted by atomic mass is 9.83. The van der Waals surface area contributed by atoms with Gasteiger partial charge < -0.3 is 44.7 Å². The number of alkyl carbamates (subject to hydrolysis) is 1. The fraction of sp³-hybridized carbons (Fsp3) is 0.718. The normalized spacial score (nSPS) is 26.4. The van der Waals surface area contributed by atoms with E-state index in [4.69, 9.17) is 23.7 Å². The lowest BCUT2D eigenvalue weighted by Crippen LogP contribution is -2.59. The van der Waals surface area contributed by atoms with Crippen molar-refractivity contribution in [3.8, 4) is 0 Å². The number of aliphatic hydroxyl groups is 1. The molecule has 3 amide bonds. The van der Waals surface area contributed by atoms with E-state index in [9.17, 15) is 29.1 Å².